The van der Waals surface area contributed by atoms with E-state index in [4.69, 9.17) is 0 Å². The number of hydrogen-bond donors (Lipinski definition) is 2. The Labute approximate surface area is 91.5 Å². The van der Waals surface area contributed by atoms with Gasteiger partial charge in [0.15, 0.2) is 0 Å². The van der Waals surface area contributed by atoms with Gasteiger partial charge in [0.2, 0.25) is 0 Å². The Morgan fingerprint density at radius 3 is 2.47 bits per heavy atom. The minimum Gasteiger partial charge on any atom is -0.369 e. The third-order valence-electron chi connectivity index (χ3n) is 2.80. The van der Waals surface area contributed by atoms with Gasteiger partial charge >= 0.3 is 0 Å². The highest BCUT2D eigenvalue weighted by molar-refractivity contribution is 5.48. The summed E-state index contributed by atoms with van der Waals surface area (Å²) < 4.78 is 0. The molecule has 3 nitrogen and oxygen atoms in total. The van der Waals surface area contributed by atoms with Gasteiger partial charge < -0.3 is 15.5 Å². The SMILES string of the molecule is CNCc1ccc(N2CCNCC2)cc1. The molecule has 2 rings (SSSR count). The van der Waals surface area contributed by atoms with Gasteiger partial charge in [0.25, 0.3) is 0 Å². The maximum atomic E-state index is 3.36. The average Bonchev–Trinajstić information content (AvgIpc) is 2.32. The summed E-state index contributed by atoms with van der Waals surface area (Å²) in [4.78, 5) is 2.43. The van der Waals surface area contributed by atoms with Crippen molar-refractivity contribution in [2.45, 2.75) is 6.54 Å². The van der Waals surface area contributed by atoms with Crippen LogP contribution in [0.4, 0.5) is 5.69 Å². The number of piperazine rings is 1. The van der Waals surface area contributed by atoms with E-state index in [0.29, 0.717) is 0 Å². The molecule has 1 heterocycles. The summed E-state index contributed by atoms with van der Waals surface area (Å²) in [5.41, 5.74) is 2.69. The molecule has 0 aliphatic carbocycles. The second-order valence-electron chi connectivity index (χ2n) is 3.93. The highest BCUT2D eigenvalue weighted by Gasteiger charge is 2.09. The van der Waals surface area contributed by atoms with Crippen LogP contribution in [0.1, 0.15) is 5.56 Å². The van der Waals surface area contributed by atoms with Crippen molar-refractivity contribution in [3.8, 4) is 0 Å². The molecule has 2 N–H and O–H groups in total. The maximum Gasteiger partial charge on any atom is 0.0367 e. The normalized spacial score (nSPS) is 16.7. The molecule has 0 amide bonds. The molecule has 1 aliphatic rings. The van der Waals surface area contributed by atoms with E-state index in [2.05, 4.69) is 39.8 Å². The minimum atomic E-state index is 0.946. The second kappa shape index (κ2) is 5.14. The molecule has 1 aromatic carbocycles. The van der Waals surface area contributed by atoms with Crippen molar-refractivity contribution >= 4 is 5.69 Å². The molecule has 1 aliphatic heterocycles. The number of benzene rings is 1. The summed E-state index contributed by atoms with van der Waals surface area (Å²) in [6, 6.07) is 8.84. The van der Waals surface area contributed by atoms with E-state index in [9.17, 15) is 0 Å². The average molecular weight is 205 g/mol. The lowest BCUT2D eigenvalue weighted by atomic mass is 10.2. The van der Waals surface area contributed by atoms with E-state index in [1.165, 1.54) is 11.3 Å². The predicted octanol–water partition coefficient (Wildman–Crippen LogP) is 0.816. The molecule has 82 valence electrons. The van der Waals surface area contributed by atoms with Crippen molar-refractivity contribution in [3.63, 3.8) is 0 Å². The van der Waals surface area contributed by atoms with Gasteiger partial charge in [-0.1, -0.05) is 12.1 Å². The van der Waals surface area contributed by atoms with E-state index >= 15 is 0 Å². The molecule has 1 saturated heterocycles. The van der Waals surface area contributed by atoms with Crippen molar-refractivity contribution in [1.82, 2.24) is 10.6 Å². The molecule has 3 heteroatoms. The largest absolute Gasteiger partial charge is 0.369 e. The molecule has 0 radical (unpaired) electrons. The van der Waals surface area contributed by atoms with E-state index < -0.39 is 0 Å². The Balaban J connectivity index is 2.02. The quantitative estimate of drug-likeness (QED) is 0.765. The first kappa shape index (κ1) is 10.5. The molecule has 0 spiro atoms. The summed E-state index contributed by atoms with van der Waals surface area (Å²) in [7, 11) is 1.98. The molecule has 0 bridgehead atoms. The number of anilines is 1. The van der Waals surface area contributed by atoms with Crippen molar-refractivity contribution < 1.29 is 0 Å². The number of nitrogens with zero attached hydrogens (tertiary/aromatic N) is 1. The summed E-state index contributed by atoms with van der Waals surface area (Å²) >= 11 is 0. The monoisotopic (exact) mass is 205 g/mol. The Hall–Kier alpha value is -1.06. The van der Waals surface area contributed by atoms with Crippen LogP contribution in [0.2, 0.25) is 0 Å². The van der Waals surface area contributed by atoms with Crippen molar-refractivity contribution in [1.29, 1.82) is 0 Å². The lowest BCUT2D eigenvalue weighted by Gasteiger charge is -2.29. The molecule has 0 unspecified atom stereocenters. The number of rotatable bonds is 3. The Kier molecular flexibility index (Phi) is 3.59. The van der Waals surface area contributed by atoms with Crippen molar-refractivity contribution in [2.24, 2.45) is 0 Å². The first-order chi connectivity index (χ1) is 7.40. The van der Waals surface area contributed by atoms with Crippen LogP contribution in [0.15, 0.2) is 24.3 Å². The van der Waals surface area contributed by atoms with Gasteiger partial charge in [-0.15, -0.1) is 0 Å². The fraction of sp³-hybridized carbons (Fsp3) is 0.500. The van der Waals surface area contributed by atoms with E-state index in [-0.39, 0.29) is 0 Å². The zero-order valence-electron chi connectivity index (χ0n) is 9.29. The molecule has 1 fully saturated rings. The van der Waals surface area contributed by atoms with Gasteiger partial charge in [0.1, 0.15) is 0 Å². The summed E-state index contributed by atoms with van der Waals surface area (Å²) in [6.45, 7) is 5.37. The van der Waals surface area contributed by atoms with Crippen LogP contribution in [0, 0.1) is 0 Å². The van der Waals surface area contributed by atoms with E-state index in [1.54, 1.807) is 0 Å². The molecule has 1 aromatic rings. The highest BCUT2D eigenvalue weighted by Crippen LogP contribution is 2.15. The smallest absolute Gasteiger partial charge is 0.0367 e. The van der Waals surface area contributed by atoms with Gasteiger partial charge in [-0.25, -0.2) is 0 Å². The van der Waals surface area contributed by atoms with Gasteiger partial charge in [0, 0.05) is 38.4 Å². The Bertz CT molecular complexity index is 288. The second-order valence-corrected chi connectivity index (χ2v) is 3.93. The van der Waals surface area contributed by atoms with Crippen LogP contribution in [0.3, 0.4) is 0 Å². The van der Waals surface area contributed by atoms with Crippen LogP contribution in [-0.2, 0) is 6.54 Å². The van der Waals surface area contributed by atoms with Crippen molar-refractivity contribution in [2.75, 3.05) is 38.1 Å². The molecular formula is C12H19N3. The fourth-order valence-corrected chi connectivity index (χ4v) is 1.95. The van der Waals surface area contributed by atoms with Gasteiger partial charge in [-0.05, 0) is 24.7 Å². The van der Waals surface area contributed by atoms with Crippen LogP contribution in [0.5, 0.6) is 0 Å². The van der Waals surface area contributed by atoms with Crippen molar-refractivity contribution in [3.05, 3.63) is 29.8 Å². The molecule has 0 atom stereocenters. The minimum absolute atomic E-state index is 0.946. The van der Waals surface area contributed by atoms with E-state index in [0.717, 1.165) is 32.7 Å². The molecule has 0 aromatic heterocycles. The third kappa shape index (κ3) is 2.70. The van der Waals surface area contributed by atoms with Crippen LogP contribution >= 0.6 is 0 Å². The van der Waals surface area contributed by atoms with Gasteiger partial charge in [0.05, 0.1) is 0 Å². The standard InChI is InChI=1S/C12H19N3/c1-13-10-11-2-4-12(5-3-11)15-8-6-14-7-9-15/h2-5,13-14H,6-10H2,1H3. The van der Waals surface area contributed by atoms with Gasteiger partial charge in [-0.3, -0.25) is 0 Å². The summed E-state index contributed by atoms with van der Waals surface area (Å²) in [5.74, 6) is 0. The Morgan fingerprint density at radius 1 is 1.20 bits per heavy atom. The number of nitrogens with one attached hydrogen (secondary N) is 2. The predicted molar refractivity (Wildman–Crippen MR) is 64.3 cm³/mol. The van der Waals surface area contributed by atoms with Crippen LogP contribution < -0.4 is 15.5 Å². The third-order valence-corrected chi connectivity index (χ3v) is 2.80. The number of hydrogen-bond acceptors (Lipinski definition) is 3. The first-order valence-electron chi connectivity index (χ1n) is 5.59. The molecular weight excluding hydrogens is 186 g/mol. The maximum absolute atomic E-state index is 3.36. The lowest BCUT2D eigenvalue weighted by Crippen LogP contribution is -2.43. The van der Waals surface area contributed by atoms with E-state index in [1.807, 2.05) is 7.05 Å². The first-order valence-corrected chi connectivity index (χ1v) is 5.59. The summed E-state index contributed by atoms with van der Waals surface area (Å²) in [5, 5.41) is 6.52. The fourth-order valence-electron chi connectivity index (χ4n) is 1.95. The topological polar surface area (TPSA) is 27.3 Å². The van der Waals surface area contributed by atoms with Crippen LogP contribution in [-0.4, -0.2) is 33.2 Å². The molecule has 0 saturated carbocycles. The Morgan fingerprint density at radius 2 is 1.87 bits per heavy atom. The van der Waals surface area contributed by atoms with Crippen LogP contribution in [0.25, 0.3) is 0 Å². The van der Waals surface area contributed by atoms with Gasteiger partial charge in [-0.2, -0.15) is 0 Å². The zero-order chi connectivity index (χ0) is 10.5. The zero-order valence-corrected chi connectivity index (χ0v) is 9.29. The molecule has 15 heavy (non-hydrogen) atoms. The summed E-state index contributed by atoms with van der Waals surface area (Å²) in [6.07, 6.45) is 0. The lowest BCUT2D eigenvalue weighted by molar-refractivity contribution is 0.589. The highest BCUT2D eigenvalue weighted by atomic mass is 15.2.